The summed E-state index contributed by atoms with van der Waals surface area (Å²) in [5.41, 5.74) is 0.173. The fraction of sp³-hybridized carbons (Fsp3) is 0.529. The van der Waals surface area contributed by atoms with Crippen LogP contribution in [0.5, 0.6) is 0 Å². The van der Waals surface area contributed by atoms with Crippen LogP contribution in [0, 0.1) is 0 Å². The van der Waals surface area contributed by atoms with Crippen molar-refractivity contribution < 1.29 is 19.4 Å². The number of carboxylic acid groups (broad SMARTS) is 1. The molecule has 1 saturated heterocycles. The first-order valence-electron chi connectivity index (χ1n) is 7.95. The van der Waals surface area contributed by atoms with Crippen molar-refractivity contribution in [2.45, 2.75) is 39.0 Å². The van der Waals surface area contributed by atoms with Crippen LogP contribution in [-0.4, -0.2) is 58.2 Å². The molecule has 6 nitrogen and oxygen atoms in total. The molecule has 1 N–H and O–H groups in total. The minimum atomic E-state index is -0.988. The average Bonchev–Trinajstić information content (AvgIpc) is 2.48. The zero-order chi connectivity index (χ0) is 18.8. The molecule has 0 radical (unpaired) electrons. The van der Waals surface area contributed by atoms with Gasteiger partial charge in [0.25, 0.3) is 0 Å². The zero-order valence-corrected chi connectivity index (χ0v) is 16.0. The summed E-state index contributed by atoms with van der Waals surface area (Å²) in [5.74, 6) is -0.988. The average molecular weight is 389 g/mol. The van der Waals surface area contributed by atoms with Crippen molar-refractivity contribution in [3.05, 3.63) is 33.8 Å². The topological polar surface area (TPSA) is 70.1 Å². The highest BCUT2D eigenvalue weighted by Crippen LogP contribution is 2.24. The Kier molecular flexibility index (Phi) is 6.19. The van der Waals surface area contributed by atoms with E-state index in [1.54, 1.807) is 43.9 Å². The third-order valence-corrected chi connectivity index (χ3v) is 4.40. The van der Waals surface area contributed by atoms with Crippen molar-refractivity contribution in [2.24, 2.45) is 0 Å². The number of benzene rings is 1. The van der Waals surface area contributed by atoms with Crippen molar-refractivity contribution in [1.82, 2.24) is 9.80 Å². The molecule has 138 valence electrons. The Morgan fingerprint density at radius 2 is 1.96 bits per heavy atom. The normalized spacial score (nSPS) is 18.9. The predicted octanol–water partition coefficient (Wildman–Crippen LogP) is 3.50. The Hall–Kier alpha value is -1.50. The molecule has 0 aromatic heterocycles. The summed E-state index contributed by atoms with van der Waals surface area (Å²) in [5, 5.41) is 10.6. The number of nitrogens with zero attached hydrogens (tertiary/aromatic N) is 2. The molecule has 1 aliphatic heterocycles. The lowest BCUT2D eigenvalue weighted by molar-refractivity contribution is -0.145. The summed E-state index contributed by atoms with van der Waals surface area (Å²) in [6, 6.07) is 4.30. The van der Waals surface area contributed by atoms with Crippen molar-refractivity contribution in [3.8, 4) is 0 Å². The zero-order valence-electron chi connectivity index (χ0n) is 14.5. The number of carbonyl (C=O) groups is 2. The van der Waals surface area contributed by atoms with Gasteiger partial charge in [-0.05, 0) is 38.5 Å². The van der Waals surface area contributed by atoms with Gasteiger partial charge in [0.15, 0.2) is 0 Å². The number of ether oxygens (including phenoxy) is 1. The Morgan fingerprint density at radius 1 is 1.28 bits per heavy atom. The highest BCUT2D eigenvalue weighted by Gasteiger charge is 2.36. The molecule has 1 aliphatic rings. The molecule has 1 fully saturated rings. The fourth-order valence-electron chi connectivity index (χ4n) is 2.61. The summed E-state index contributed by atoms with van der Waals surface area (Å²) in [4.78, 5) is 27.1. The summed E-state index contributed by atoms with van der Waals surface area (Å²) in [6.07, 6.45) is -0.497. The van der Waals surface area contributed by atoms with E-state index in [1.807, 2.05) is 0 Å². The standard InChI is InChI=1S/C17H22Cl2N2O4/c1-17(2,3)25-16(24)21-7-6-20(14(10-21)15(22)23)9-11-4-5-12(18)8-13(11)19/h4-5,8,14H,6-7,9-10H2,1-3H3,(H,22,23). The number of aliphatic carboxylic acids is 1. The lowest BCUT2D eigenvalue weighted by Gasteiger charge is -2.39. The highest BCUT2D eigenvalue weighted by molar-refractivity contribution is 6.35. The molecule has 1 unspecified atom stereocenters. The molecule has 0 bridgehead atoms. The number of hydrogen-bond donors (Lipinski definition) is 1. The van der Waals surface area contributed by atoms with Gasteiger partial charge in [0.1, 0.15) is 11.6 Å². The van der Waals surface area contributed by atoms with E-state index in [0.717, 1.165) is 5.56 Å². The number of piperazine rings is 1. The highest BCUT2D eigenvalue weighted by atomic mass is 35.5. The molecule has 25 heavy (non-hydrogen) atoms. The van der Waals surface area contributed by atoms with Gasteiger partial charge in [0.2, 0.25) is 0 Å². The van der Waals surface area contributed by atoms with Crippen molar-refractivity contribution in [2.75, 3.05) is 19.6 Å². The second-order valence-corrected chi connectivity index (χ2v) is 7.83. The molecule has 2 rings (SSSR count). The number of halogens is 2. The molecule has 0 aliphatic carbocycles. The molecular weight excluding hydrogens is 367 g/mol. The SMILES string of the molecule is CC(C)(C)OC(=O)N1CCN(Cc2ccc(Cl)cc2Cl)C(C(=O)O)C1. The number of carboxylic acids is 1. The molecule has 8 heteroatoms. The Morgan fingerprint density at radius 3 is 2.52 bits per heavy atom. The number of hydrogen-bond acceptors (Lipinski definition) is 4. The van der Waals surface area contributed by atoms with Crippen LogP contribution in [-0.2, 0) is 16.1 Å². The van der Waals surface area contributed by atoms with Crippen molar-refractivity contribution in [1.29, 1.82) is 0 Å². The number of rotatable bonds is 3. The van der Waals surface area contributed by atoms with Gasteiger partial charge in [0.05, 0.1) is 6.54 Å². The lowest BCUT2D eigenvalue weighted by atomic mass is 10.1. The van der Waals surface area contributed by atoms with E-state index in [1.165, 1.54) is 4.90 Å². The van der Waals surface area contributed by atoms with E-state index in [0.29, 0.717) is 29.7 Å². The molecule has 0 spiro atoms. The van der Waals surface area contributed by atoms with Crippen LogP contribution in [0.3, 0.4) is 0 Å². The van der Waals surface area contributed by atoms with Gasteiger partial charge >= 0.3 is 12.1 Å². The van der Waals surface area contributed by atoms with Crippen LogP contribution < -0.4 is 0 Å². The van der Waals surface area contributed by atoms with Crippen LogP contribution in [0.25, 0.3) is 0 Å². The first kappa shape index (κ1) is 19.8. The van der Waals surface area contributed by atoms with Gasteiger partial charge in [-0.25, -0.2) is 4.79 Å². The second kappa shape index (κ2) is 7.81. The molecule has 0 saturated carbocycles. The van der Waals surface area contributed by atoms with Gasteiger partial charge in [-0.3, -0.25) is 9.69 Å². The maximum Gasteiger partial charge on any atom is 0.410 e. The summed E-state index contributed by atoms with van der Waals surface area (Å²) in [6.45, 7) is 6.57. The predicted molar refractivity (Wildman–Crippen MR) is 96.1 cm³/mol. The first-order chi connectivity index (χ1) is 11.6. The molecule has 1 aromatic rings. The number of amides is 1. The smallest absolute Gasteiger partial charge is 0.410 e. The monoisotopic (exact) mass is 388 g/mol. The van der Waals surface area contributed by atoms with Crippen molar-refractivity contribution >= 4 is 35.3 Å². The largest absolute Gasteiger partial charge is 0.480 e. The third-order valence-electron chi connectivity index (χ3n) is 3.82. The van der Waals surface area contributed by atoms with E-state index in [-0.39, 0.29) is 6.54 Å². The van der Waals surface area contributed by atoms with Gasteiger partial charge in [-0.2, -0.15) is 0 Å². The van der Waals surface area contributed by atoms with Crippen LogP contribution in [0.4, 0.5) is 4.79 Å². The van der Waals surface area contributed by atoms with Gasteiger partial charge < -0.3 is 14.7 Å². The van der Waals surface area contributed by atoms with Crippen LogP contribution in [0.2, 0.25) is 10.0 Å². The van der Waals surface area contributed by atoms with Gasteiger partial charge in [0, 0.05) is 29.7 Å². The molecule has 1 heterocycles. The minimum absolute atomic E-state index is 0.0649. The van der Waals surface area contributed by atoms with E-state index in [2.05, 4.69) is 0 Å². The van der Waals surface area contributed by atoms with E-state index in [4.69, 9.17) is 27.9 Å². The Labute approximate surface area is 157 Å². The molecule has 1 atom stereocenters. The minimum Gasteiger partial charge on any atom is -0.480 e. The maximum absolute atomic E-state index is 12.2. The lowest BCUT2D eigenvalue weighted by Crippen LogP contribution is -2.57. The molecule has 1 aromatic carbocycles. The fourth-order valence-corrected chi connectivity index (χ4v) is 3.07. The second-order valence-electron chi connectivity index (χ2n) is 6.99. The Bertz CT molecular complexity index is 661. The summed E-state index contributed by atoms with van der Waals surface area (Å²) >= 11 is 12.1. The maximum atomic E-state index is 12.2. The summed E-state index contributed by atoms with van der Waals surface area (Å²) < 4.78 is 5.33. The van der Waals surface area contributed by atoms with Crippen LogP contribution in [0.15, 0.2) is 18.2 Å². The first-order valence-corrected chi connectivity index (χ1v) is 8.71. The van der Waals surface area contributed by atoms with Gasteiger partial charge in [-0.15, -0.1) is 0 Å². The quantitative estimate of drug-likeness (QED) is 0.857. The third kappa shape index (κ3) is 5.49. The van der Waals surface area contributed by atoms with E-state index < -0.39 is 23.7 Å². The van der Waals surface area contributed by atoms with Crippen LogP contribution in [0.1, 0.15) is 26.3 Å². The van der Waals surface area contributed by atoms with Gasteiger partial charge in [-0.1, -0.05) is 29.3 Å². The molecule has 1 amide bonds. The molecular formula is C17H22Cl2N2O4. The van der Waals surface area contributed by atoms with E-state index in [9.17, 15) is 14.7 Å². The number of carbonyl (C=O) groups excluding carboxylic acids is 1. The summed E-state index contributed by atoms with van der Waals surface area (Å²) in [7, 11) is 0. The van der Waals surface area contributed by atoms with Crippen molar-refractivity contribution in [3.63, 3.8) is 0 Å². The van der Waals surface area contributed by atoms with Crippen LogP contribution >= 0.6 is 23.2 Å². The Balaban J connectivity index is 2.09. The van der Waals surface area contributed by atoms with E-state index >= 15 is 0 Å².